The lowest BCUT2D eigenvalue weighted by Crippen LogP contribution is -2.61. The summed E-state index contributed by atoms with van der Waals surface area (Å²) in [6.07, 6.45) is 8.41. The van der Waals surface area contributed by atoms with Crippen LogP contribution in [0.1, 0.15) is 142 Å². The number of fused-ring (bicyclic) bond motifs is 5. The smallest absolute Gasteiger partial charge is 0.338 e. The second-order valence-corrected chi connectivity index (χ2v) is 18.6. The molecule has 0 radical (unpaired) electrons. The minimum Gasteiger partial charge on any atom is -0.466 e. The monoisotopic (exact) mass is 752 g/mol. The Kier molecular flexibility index (Phi) is 13.2. The van der Waals surface area contributed by atoms with Crippen molar-refractivity contribution in [3.05, 3.63) is 35.9 Å². The van der Waals surface area contributed by atoms with E-state index < -0.39 is 55.0 Å². The molecule has 0 aromatic heterocycles. The van der Waals surface area contributed by atoms with Gasteiger partial charge in [-0.2, -0.15) is 0 Å². The minimum atomic E-state index is -1.44. The zero-order valence-corrected chi connectivity index (χ0v) is 34.0. The van der Waals surface area contributed by atoms with E-state index in [1.165, 1.54) is 57.8 Å². The molecule has 5 aliphatic rings. The van der Waals surface area contributed by atoms with Crippen molar-refractivity contribution >= 4 is 17.9 Å². The molecule has 14 atom stereocenters. The van der Waals surface area contributed by atoms with Crippen LogP contribution < -0.4 is 0 Å². The van der Waals surface area contributed by atoms with Crippen LogP contribution in [0.25, 0.3) is 0 Å². The Morgan fingerprint density at radius 3 is 2.31 bits per heavy atom. The molecule has 0 unspecified atom stereocenters. The lowest BCUT2D eigenvalue weighted by Gasteiger charge is -2.61. The quantitative estimate of drug-likeness (QED) is 0.0914. The van der Waals surface area contributed by atoms with Crippen molar-refractivity contribution < 1.29 is 43.2 Å². The number of rotatable bonds is 13. The van der Waals surface area contributed by atoms with Crippen LogP contribution in [0, 0.1) is 52.3 Å². The Morgan fingerprint density at radius 1 is 0.870 bits per heavy atom. The number of aliphatic hydroxyl groups excluding tert-OH is 1. The fraction of sp³-hybridized carbons (Fsp3) is 0.800. The molecule has 54 heavy (non-hydrogen) atoms. The predicted molar refractivity (Wildman–Crippen MR) is 205 cm³/mol. The third kappa shape index (κ3) is 8.58. The summed E-state index contributed by atoms with van der Waals surface area (Å²) in [5.41, 5.74) is 1.05. The van der Waals surface area contributed by atoms with Crippen LogP contribution in [0.15, 0.2) is 30.3 Å². The van der Waals surface area contributed by atoms with Gasteiger partial charge in [-0.05, 0) is 136 Å². The number of carbonyl (C=O) groups is 3. The van der Waals surface area contributed by atoms with Gasteiger partial charge in [0, 0.05) is 0 Å². The van der Waals surface area contributed by atoms with E-state index in [1.54, 1.807) is 44.2 Å². The Balaban J connectivity index is 1.10. The third-order valence-corrected chi connectivity index (χ3v) is 15.0. The molecule has 1 aliphatic heterocycles. The Labute approximate surface area is 323 Å². The lowest BCUT2D eigenvalue weighted by molar-refractivity contribution is -0.310. The van der Waals surface area contributed by atoms with E-state index >= 15 is 0 Å². The Hall–Kier alpha value is -2.49. The Morgan fingerprint density at radius 2 is 1.59 bits per heavy atom. The fourth-order valence-electron chi connectivity index (χ4n) is 12.2. The highest BCUT2D eigenvalue weighted by atomic mass is 16.7. The SMILES string of the molecule is CCOC(=O)CC(=O)O[C@@H]1[C@H](O)[C@H](O[C@H]2CC[C@@]3(C)[C@@H](CC[C@@H]4[C@@H]3CC[C@]3(C)[C@@H]([C@H](C)CCCC(C)C)CC[C@@H]43)C2)O[C@@H](C)[C@@H]1OC(=O)c1ccccc1. The average molecular weight is 753 g/mol. The average Bonchev–Trinajstić information content (AvgIpc) is 3.49. The first-order valence-electron chi connectivity index (χ1n) is 21.3. The summed E-state index contributed by atoms with van der Waals surface area (Å²) in [6, 6.07) is 8.48. The van der Waals surface area contributed by atoms with Gasteiger partial charge in [0.2, 0.25) is 0 Å². The van der Waals surface area contributed by atoms with E-state index in [-0.39, 0.29) is 18.1 Å². The van der Waals surface area contributed by atoms with Crippen molar-refractivity contribution in [2.75, 3.05) is 6.61 Å². The van der Waals surface area contributed by atoms with Gasteiger partial charge in [0.05, 0.1) is 24.4 Å². The normalized spacial score (nSPS) is 39.5. The van der Waals surface area contributed by atoms with Crippen LogP contribution in [-0.4, -0.2) is 66.4 Å². The molecule has 1 N–H and O–H groups in total. The van der Waals surface area contributed by atoms with Gasteiger partial charge >= 0.3 is 17.9 Å². The van der Waals surface area contributed by atoms with Crippen molar-refractivity contribution in [3.63, 3.8) is 0 Å². The molecule has 302 valence electrons. The predicted octanol–water partition coefficient (Wildman–Crippen LogP) is 8.69. The van der Waals surface area contributed by atoms with Gasteiger partial charge in [0.25, 0.3) is 0 Å². The van der Waals surface area contributed by atoms with E-state index in [4.69, 9.17) is 23.7 Å². The molecule has 0 spiro atoms. The number of carbonyl (C=O) groups excluding carboxylic acids is 3. The second-order valence-electron chi connectivity index (χ2n) is 18.6. The standard InChI is InChI=1S/C45H68O9/c1-8-50-37(46)26-38(47)53-41-39(48)43(51-29(5)40(41)54-42(49)30-15-10-9-11-16-30)52-32-21-23-44(6)31(25-32)17-18-33-35-20-19-34(28(4)14-12-13-27(2)3)45(35,7)24-22-36(33)44/h9-11,15-16,27-29,31-36,39-41,43,48H,8,12-14,17-26H2,1-7H3/t28-,29+,31+,32+,33+,34-,35+,36+,39+,40+,41-,43+,44+,45-/m1/s1. The summed E-state index contributed by atoms with van der Waals surface area (Å²) < 4.78 is 29.2. The Bertz CT molecular complexity index is 1430. The van der Waals surface area contributed by atoms with Gasteiger partial charge in [-0.25, -0.2) is 4.79 Å². The van der Waals surface area contributed by atoms with E-state index in [0.29, 0.717) is 16.9 Å². The topological polar surface area (TPSA) is 118 Å². The van der Waals surface area contributed by atoms with Gasteiger partial charge in [-0.15, -0.1) is 0 Å². The zero-order chi connectivity index (χ0) is 38.8. The first-order valence-corrected chi connectivity index (χ1v) is 21.3. The maximum Gasteiger partial charge on any atom is 0.338 e. The second kappa shape index (κ2) is 17.3. The molecule has 4 saturated carbocycles. The molecule has 0 bridgehead atoms. The zero-order valence-electron chi connectivity index (χ0n) is 34.0. The van der Waals surface area contributed by atoms with E-state index in [9.17, 15) is 19.5 Å². The first kappa shape index (κ1) is 41.2. The van der Waals surface area contributed by atoms with Crippen LogP contribution in [0.5, 0.6) is 0 Å². The van der Waals surface area contributed by atoms with Crippen LogP contribution in [0.2, 0.25) is 0 Å². The fourth-order valence-corrected chi connectivity index (χ4v) is 12.2. The van der Waals surface area contributed by atoms with Crippen LogP contribution in [0.3, 0.4) is 0 Å². The molecule has 0 amide bonds. The highest BCUT2D eigenvalue weighted by molar-refractivity contribution is 5.91. The molecule has 1 heterocycles. The summed E-state index contributed by atoms with van der Waals surface area (Å²) in [4.78, 5) is 38.1. The molecule has 9 heteroatoms. The van der Waals surface area contributed by atoms with Crippen molar-refractivity contribution in [2.45, 2.75) is 169 Å². The molecular formula is C45H68O9. The summed E-state index contributed by atoms with van der Waals surface area (Å²) >= 11 is 0. The van der Waals surface area contributed by atoms with Gasteiger partial charge < -0.3 is 28.8 Å². The van der Waals surface area contributed by atoms with Gasteiger partial charge in [-0.1, -0.05) is 72.1 Å². The van der Waals surface area contributed by atoms with E-state index in [0.717, 1.165) is 54.8 Å². The highest BCUT2D eigenvalue weighted by Crippen LogP contribution is 2.68. The number of aliphatic hydroxyl groups is 1. The molecule has 1 aromatic carbocycles. The number of esters is 3. The molecule has 5 fully saturated rings. The largest absolute Gasteiger partial charge is 0.466 e. The van der Waals surface area contributed by atoms with Crippen molar-refractivity contribution in [2.24, 2.45) is 52.3 Å². The van der Waals surface area contributed by atoms with Crippen molar-refractivity contribution in [1.29, 1.82) is 0 Å². The molecule has 9 nitrogen and oxygen atoms in total. The highest BCUT2D eigenvalue weighted by Gasteiger charge is 2.61. The lowest BCUT2D eigenvalue weighted by atomic mass is 9.44. The van der Waals surface area contributed by atoms with Crippen LogP contribution in [0.4, 0.5) is 0 Å². The number of hydrogen-bond acceptors (Lipinski definition) is 9. The third-order valence-electron chi connectivity index (χ3n) is 15.0. The summed E-state index contributed by atoms with van der Waals surface area (Å²) in [5.74, 6) is 3.11. The van der Waals surface area contributed by atoms with Gasteiger partial charge in [0.15, 0.2) is 18.5 Å². The number of ether oxygens (including phenoxy) is 5. The van der Waals surface area contributed by atoms with Gasteiger partial charge in [-0.3, -0.25) is 9.59 Å². The van der Waals surface area contributed by atoms with E-state index in [2.05, 4.69) is 34.6 Å². The molecule has 6 rings (SSSR count). The first-order chi connectivity index (χ1) is 25.7. The van der Waals surface area contributed by atoms with E-state index in [1.807, 2.05) is 0 Å². The molecule has 1 saturated heterocycles. The number of hydrogen-bond donors (Lipinski definition) is 1. The molecule has 1 aromatic rings. The molecular weight excluding hydrogens is 684 g/mol. The molecule has 4 aliphatic carbocycles. The van der Waals surface area contributed by atoms with Crippen LogP contribution in [-0.2, 0) is 33.3 Å². The summed E-state index contributed by atoms with van der Waals surface area (Å²) in [7, 11) is 0. The summed E-state index contributed by atoms with van der Waals surface area (Å²) in [5, 5.41) is 11.7. The van der Waals surface area contributed by atoms with Gasteiger partial charge in [0.1, 0.15) is 12.5 Å². The van der Waals surface area contributed by atoms with Crippen molar-refractivity contribution in [3.8, 4) is 0 Å². The number of benzene rings is 1. The summed E-state index contributed by atoms with van der Waals surface area (Å²) in [6.45, 7) is 16.0. The van der Waals surface area contributed by atoms with Crippen molar-refractivity contribution in [1.82, 2.24) is 0 Å². The maximum atomic E-state index is 13.1. The minimum absolute atomic E-state index is 0.123. The maximum absolute atomic E-state index is 13.1. The van der Waals surface area contributed by atoms with Crippen LogP contribution >= 0.6 is 0 Å².